The Balaban J connectivity index is 2.29. The maximum atomic E-state index is 11.5. The number of ether oxygens (including phenoxy) is 1. The standard InChI is InChI=1S/C16H17NO4/c1-17(2)14(18)9-10-21-15-12-6-4-3-5-11(12)7-8-13(15)16(19)20/h3-8H,9-10H2,1-2H3,(H,19,20). The van der Waals surface area contributed by atoms with E-state index in [1.54, 1.807) is 20.2 Å². The van der Waals surface area contributed by atoms with E-state index in [1.165, 1.54) is 11.0 Å². The molecule has 0 bridgehead atoms. The summed E-state index contributed by atoms with van der Waals surface area (Å²) in [4.78, 5) is 24.3. The first-order valence-electron chi connectivity index (χ1n) is 6.58. The summed E-state index contributed by atoms with van der Waals surface area (Å²) < 4.78 is 5.60. The Morgan fingerprint density at radius 2 is 1.86 bits per heavy atom. The van der Waals surface area contributed by atoms with Gasteiger partial charge in [0.2, 0.25) is 5.91 Å². The molecule has 0 radical (unpaired) electrons. The van der Waals surface area contributed by atoms with Crippen molar-refractivity contribution >= 4 is 22.6 Å². The summed E-state index contributed by atoms with van der Waals surface area (Å²) in [6, 6.07) is 10.7. The molecule has 2 rings (SSSR count). The summed E-state index contributed by atoms with van der Waals surface area (Å²) >= 11 is 0. The molecule has 0 fully saturated rings. The van der Waals surface area contributed by atoms with Gasteiger partial charge >= 0.3 is 5.97 Å². The molecule has 0 aliphatic rings. The van der Waals surface area contributed by atoms with E-state index in [-0.39, 0.29) is 24.5 Å². The Morgan fingerprint density at radius 3 is 2.52 bits per heavy atom. The van der Waals surface area contributed by atoms with Crippen molar-refractivity contribution in [3.8, 4) is 5.75 Å². The van der Waals surface area contributed by atoms with Crippen LogP contribution in [0.4, 0.5) is 0 Å². The summed E-state index contributed by atoms with van der Waals surface area (Å²) in [6.45, 7) is 0.144. The van der Waals surface area contributed by atoms with Crippen LogP contribution in [0.15, 0.2) is 36.4 Å². The number of carboxylic acids is 1. The number of carbonyl (C=O) groups is 2. The molecule has 21 heavy (non-hydrogen) atoms. The molecule has 0 atom stereocenters. The van der Waals surface area contributed by atoms with E-state index in [9.17, 15) is 14.7 Å². The number of carboxylic acid groups (broad SMARTS) is 1. The zero-order chi connectivity index (χ0) is 15.4. The monoisotopic (exact) mass is 287 g/mol. The number of aromatic carboxylic acids is 1. The van der Waals surface area contributed by atoms with Gasteiger partial charge in [-0.2, -0.15) is 0 Å². The van der Waals surface area contributed by atoms with Gasteiger partial charge in [-0.1, -0.05) is 30.3 Å². The summed E-state index contributed by atoms with van der Waals surface area (Å²) in [5.74, 6) is -0.797. The fourth-order valence-electron chi connectivity index (χ4n) is 2.03. The summed E-state index contributed by atoms with van der Waals surface area (Å²) in [6.07, 6.45) is 0.204. The van der Waals surface area contributed by atoms with Crippen LogP contribution in [0.3, 0.4) is 0 Å². The minimum absolute atomic E-state index is 0.0629. The number of carbonyl (C=O) groups excluding carboxylic acids is 1. The van der Waals surface area contributed by atoms with Gasteiger partial charge in [-0.3, -0.25) is 4.79 Å². The third-order valence-electron chi connectivity index (χ3n) is 3.17. The minimum Gasteiger partial charge on any atom is -0.491 e. The molecular weight excluding hydrogens is 270 g/mol. The number of benzene rings is 2. The second kappa shape index (κ2) is 6.26. The van der Waals surface area contributed by atoms with Crippen molar-refractivity contribution in [3.63, 3.8) is 0 Å². The van der Waals surface area contributed by atoms with Crippen LogP contribution in [0, 0.1) is 0 Å². The molecule has 1 N–H and O–H groups in total. The Hall–Kier alpha value is -2.56. The van der Waals surface area contributed by atoms with Crippen LogP contribution in [0.2, 0.25) is 0 Å². The molecule has 5 nitrogen and oxygen atoms in total. The fourth-order valence-corrected chi connectivity index (χ4v) is 2.03. The lowest BCUT2D eigenvalue weighted by molar-refractivity contribution is -0.129. The minimum atomic E-state index is -1.05. The molecule has 110 valence electrons. The smallest absolute Gasteiger partial charge is 0.339 e. The first kappa shape index (κ1) is 14.8. The van der Waals surface area contributed by atoms with Crippen molar-refractivity contribution in [2.24, 2.45) is 0 Å². The molecule has 2 aromatic rings. The Kier molecular flexibility index (Phi) is 4.42. The zero-order valence-corrected chi connectivity index (χ0v) is 12.0. The Bertz CT molecular complexity index is 679. The van der Waals surface area contributed by atoms with Crippen molar-refractivity contribution in [3.05, 3.63) is 42.0 Å². The fraction of sp³-hybridized carbons (Fsp3) is 0.250. The Morgan fingerprint density at radius 1 is 1.14 bits per heavy atom. The third kappa shape index (κ3) is 3.31. The van der Waals surface area contributed by atoms with Gasteiger partial charge in [-0.05, 0) is 11.5 Å². The highest BCUT2D eigenvalue weighted by atomic mass is 16.5. The third-order valence-corrected chi connectivity index (χ3v) is 3.17. The van der Waals surface area contributed by atoms with Gasteiger partial charge < -0.3 is 14.7 Å². The van der Waals surface area contributed by atoms with Crippen molar-refractivity contribution in [1.29, 1.82) is 0 Å². The van der Waals surface area contributed by atoms with Gasteiger partial charge in [0.1, 0.15) is 11.3 Å². The van der Waals surface area contributed by atoms with E-state index in [1.807, 2.05) is 24.3 Å². The first-order chi connectivity index (χ1) is 10.0. The number of rotatable bonds is 5. The average Bonchev–Trinajstić information content (AvgIpc) is 2.46. The van der Waals surface area contributed by atoms with Gasteiger partial charge in [0.25, 0.3) is 0 Å². The maximum absolute atomic E-state index is 11.5. The molecule has 0 saturated carbocycles. The number of hydrogen-bond acceptors (Lipinski definition) is 3. The van der Waals surface area contributed by atoms with E-state index in [0.29, 0.717) is 5.75 Å². The van der Waals surface area contributed by atoms with Gasteiger partial charge in [-0.15, -0.1) is 0 Å². The lowest BCUT2D eigenvalue weighted by atomic mass is 10.1. The van der Waals surface area contributed by atoms with Crippen LogP contribution >= 0.6 is 0 Å². The van der Waals surface area contributed by atoms with Gasteiger partial charge in [-0.25, -0.2) is 4.79 Å². The van der Waals surface area contributed by atoms with Crippen LogP contribution in [-0.4, -0.2) is 42.6 Å². The number of fused-ring (bicyclic) bond motifs is 1. The second-order valence-corrected chi connectivity index (χ2v) is 4.86. The van der Waals surface area contributed by atoms with E-state index in [4.69, 9.17) is 4.74 Å². The molecule has 0 aromatic heterocycles. The topological polar surface area (TPSA) is 66.8 Å². The zero-order valence-electron chi connectivity index (χ0n) is 12.0. The second-order valence-electron chi connectivity index (χ2n) is 4.86. The van der Waals surface area contributed by atoms with Gasteiger partial charge in [0.05, 0.1) is 13.0 Å². The molecule has 2 aromatic carbocycles. The summed E-state index contributed by atoms with van der Waals surface area (Å²) in [5, 5.41) is 10.9. The number of hydrogen-bond donors (Lipinski definition) is 1. The van der Waals surface area contributed by atoms with E-state index in [2.05, 4.69) is 0 Å². The van der Waals surface area contributed by atoms with Crippen molar-refractivity contribution in [1.82, 2.24) is 4.90 Å². The van der Waals surface area contributed by atoms with E-state index in [0.717, 1.165) is 10.8 Å². The van der Waals surface area contributed by atoms with Crippen LogP contribution in [0.5, 0.6) is 5.75 Å². The Labute approximate surface area is 122 Å². The summed E-state index contributed by atoms with van der Waals surface area (Å²) in [5.41, 5.74) is 0.103. The number of amides is 1. The molecular formula is C16H17NO4. The molecule has 0 spiro atoms. The highest BCUT2D eigenvalue weighted by molar-refractivity contribution is 6.00. The highest BCUT2D eigenvalue weighted by Crippen LogP contribution is 2.30. The van der Waals surface area contributed by atoms with E-state index < -0.39 is 5.97 Å². The quantitative estimate of drug-likeness (QED) is 0.917. The predicted octanol–water partition coefficient (Wildman–Crippen LogP) is 2.40. The van der Waals surface area contributed by atoms with E-state index >= 15 is 0 Å². The van der Waals surface area contributed by atoms with Crippen LogP contribution in [0.1, 0.15) is 16.8 Å². The molecule has 5 heteroatoms. The number of nitrogens with zero attached hydrogens (tertiary/aromatic N) is 1. The SMILES string of the molecule is CN(C)C(=O)CCOc1c(C(=O)O)ccc2ccccc12. The van der Waals surface area contributed by atoms with Crippen molar-refractivity contribution in [2.75, 3.05) is 20.7 Å². The first-order valence-corrected chi connectivity index (χ1v) is 6.58. The van der Waals surface area contributed by atoms with Gasteiger partial charge in [0.15, 0.2) is 0 Å². The maximum Gasteiger partial charge on any atom is 0.339 e. The molecule has 0 heterocycles. The molecule has 0 saturated heterocycles. The van der Waals surface area contributed by atoms with Crippen LogP contribution in [0.25, 0.3) is 10.8 Å². The van der Waals surface area contributed by atoms with Crippen LogP contribution in [-0.2, 0) is 4.79 Å². The lowest BCUT2D eigenvalue weighted by Gasteiger charge is -2.14. The van der Waals surface area contributed by atoms with Crippen molar-refractivity contribution in [2.45, 2.75) is 6.42 Å². The molecule has 0 aliphatic heterocycles. The summed E-state index contributed by atoms with van der Waals surface area (Å²) in [7, 11) is 3.34. The van der Waals surface area contributed by atoms with Crippen molar-refractivity contribution < 1.29 is 19.4 Å². The van der Waals surface area contributed by atoms with Crippen LogP contribution < -0.4 is 4.74 Å². The largest absolute Gasteiger partial charge is 0.491 e. The molecule has 0 aliphatic carbocycles. The highest BCUT2D eigenvalue weighted by Gasteiger charge is 2.15. The predicted molar refractivity (Wildman–Crippen MR) is 79.7 cm³/mol. The molecule has 1 amide bonds. The normalized spacial score (nSPS) is 10.4. The van der Waals surface area contributed by atoms with Gasteiger partial charge in [0, 0.05) is 19.5 Å². The lowest BCUT2D eigenvalue weighted by Crippen LogP contribution is -2.23. The average molecular weight is 287 g/mol. The molecule has 0 unspecified atom stereocenters.